The van der Waals surface area contributed by atoms with Crippen LogP contribution < -0.4 is 5.32 Å². The molecule has 2 heterocycles. The van der Waals surface area contributed by atoms with Gasteiger partial charge in [0.15, 0.2) is 11.5 Å². The molecular formula is C11H15N5O2. The van der Waals surface area contributed by atoms with Crippen molar-refractivity contribution in [2.24, 2.45) is 5.92 Å². The first kappa shape index (κ1) is 12.3. The van der Waals surface area contributed by atoms with Gasteiger partial charge in [0.25, 0.3) is 0 Å². The van der Waals surface area contributed by atoms with Gasteiger partial charge in [0.05, 0.1) is 6.33 Å². The molecular weight excluding hydrogens is 234 g/mol. The lowest BCUT2D eigenvalue weighted by Gasteiger charge is -2.16. The Morgan fingerprint density at radius 2 is 2.22 bits per heavy atom. The molecule has 0 unspecified atom stereocenters. The second-order valence-corrected chi connectivity index (χ2v) is 4.49. The van der Waals surface area contributed by atoms with Crippen LogP contribution in [0.15, 0.2) is 12.7 Å². The number of aromatic nitrogens is 4. The van der Waals surface area contributed by atoms with Crippen molar-refractivity contribution in [3.63, 3.8) is 0 Å². The van der Waals surface area contributed by atoms with Crippen molar-refractivity contribution < 1.29 is 9.90 Å². The molecule has 96 valence electrons. The third kappa shape index (κ3) is 2.55. The van der Waals surface area contributed by atoms with Gasteiger partial charge in [-0.15, -0.1) is 0 Å². The van der Waals surface area contributed by atoms with Crippen LogP contribution in [0.3, 0.4) is 0 Å². The summed E-state index contributed by atoms with van der Waals surface area (Å²) >= 11 is 0. The Morgan fingerprint density at radius 1 is 1.44 bits per heavy atom. The Hall–Kier alpha value is -2.18. The molecule has 0 aromatic carbocycles. The van der Waals surface area contributed by atoms with Gasteiger partial charge in [-0.05, 0) is 12.3 Å². The van der Waals surface area contributed by atoms with Crippen LogP contribution >= 0.6 is 0 Å². The molecule has 0 amide bonds. The Morgan fingerprint density at radius 3 is 2.89 bits per heavy atom. The smallest absolute Gasteiger partial charge is 0.326 e. The minimum atomic E-state index is -0.894. The molecule has 0 bridgehead atoms. The molecule has 2 rings (SSSR count). The minimum Gasteiger partial charge on any atom is -0.480 e. The van der Waals surface area contributed by atoms with Gasteiger partial charge < -0.3 is 15.4 Å². The number of nitrogens with zero attached hydrogens (tertiary/aromatic N) is 3. The molecule has 0 aliphatic rings. The summed E-state index contributed by atoms with van der Waals surface area (Å²) < 4.78 is 0. The Labute approximate surface area is 104 Å². The van der Waals surface area contributed by atoms with E-state index >= 15 is 0 Å². The van der Waals surface area contributed by atoms with E-state index in [9.17, 15) is 9.90 Å². The maximum absolute atomic E-state index is 11.2. The van der Waals surface area contributed by atoms with Crippen molar-refractivity contribution in [3.05, 3.63) is 12.7 Å². The molecule has 0 saturated carbocycles. The zero-order valence-electron chi connectivity index (χ0n) is 10.2. The van der Waals surface area contributed by atoms with Crippen LogP contribution in [-0.2, 0) is 4.79 Å². The Kier molecular flexibility index (Phi) is 3.40. The standard InChI is InChI=1S/C11H15N5O2/c1-6(2)3-7(11(17)18)16-10-8-9(13-4-12-8)14-5-15-10/h4-7H,3H2,1-2H3,(H,17,18)(H2,12,13,14,15,16)/t7-/m1/s1. The molecule has 7 nitrogen and oxygen atoms in total. The summed E-state index contributed by atoms with van der Waals surface area (Å²) in [6.07, 6.45) is 3.39. The highest BCUT2D eigenvalue weighted by atomic mass is 16.4. The number of imidazole rings is 1. The number of hydrogen-bond donors (Lipinski definition) is 3. The summed E-state index contributed by atoms with van der Waals surface area (Å²) in [6, 6.07) is -0.675. The molecule has 2 aromatic heterocycles. The zero-order valence-corrected chi connectivity index (χ0v) is 10.2. The van der Waals surface area contributed by atoms with Crippen molar-refractivity contribution >= 4 is 23.0 Å². The van der Waals surface area contributed by atoms with Crippen LogP contribution in [-0.4, -0.2) is 37.1 Å². The number of H-pyrrole nitrogens is 1. The van der Waals surface area contributed by atoms with Gasteiger partial charge in [-0.1, -0.05) is 13.8 Å². The topological polar surface area (TPSA) is 104 Å². The number of anilines is 1. The van der Waals surface area contributed by atoms with Crippen molar-refractivity contribution in [1.82, 2.24) is 19.9 Å². The average Bonchev–Trinajstić information content (AvgIpc) is 2.76. The van der Waals surface area contributed by atoms with Crippen LogP contribution in [0.1, 0.15) is 20.3 Å². The summed E-state index contributed by atoms with van der Waals surface area (Å²) in [6.45, 7) is 3.95. The predicted molar refractivity (Wildman–Crippen MR) is 66.2 cm³/mol. The maximum atomic E-state index is 11.2. The van der Waals surface area contributed by atoms with E-state index in [0.29, 0.717) is 23.4 Å². The molecule has 0 saturated heterocycles. The zero-order chi connectivity index (χ0) is 13.1. The SMILES string of the molecule is CC(C)C[C@@H](Nc1ncnc2nc[nH]c12)C(=O)O. The van der Waals surface area contributed by atoms with Crippen LogP contribution in [0.25, 0.3) is 11.2 Å². The molecule has 0 aliphatic carbocycles. The van der Waals surface area contributed by atoms with E-state index in [1.807, 2.05) is 13.8 Å². The molecule has 0 spiro atoms. The third-order valence-corrected chi connectivity index (χ3v) is 2.54. The van der Waals surface area contributed by atoms with E-state index < -0.39 is 12.0 Å². The normalized spacial score (nSPS) is 12.8. The largest absolute Gasteiger partial charge is 0.480 e. The van der Waals surface area contributed by atoms with Crippen molar-refractivity contribution in [2.45, 2.75) is 26.3 Å². The quantitative estimate of drug-likeness (QED) is 0.737. The monoisotopic (exact) mass is 249 g/mol. The fourth-order valence-electron chi connectivity index (χ4n) is 1.73. The molecule has 1 atom stereocenters. The summed E-state index contributed by atoms with van der Waals surface area (Å²) in [4.78, 5) is 26.1. The highest BCUT2D eigenvalue weighted by Crippen LogP contribution is 2.17. The summed E-state index contributed by atoms with van der Waals surface area (Å²) in [5.74, 6) is -0.154. The Bertz CT molecular complexity index is 551. The van der Waals surface area contributed by atoms with Gasteiger partial charge in [-0.3, -0.25) is 0 Å². The lowest BCUT2D eigenvalue weighted by molar-refractivity contribution is -0.138. The van der Waals surface area contributed by atoms with Crippen molar-refractivity contribution in [3.8, 4) is 0 Å². The first-order valence-corrected chi connectivity index (χ1v) is 5.71. The number of carboxylic acid groups (broad SMARTS) is 1. The van der Waals surface area contributed by atoms with Gasteiger partial charge >= 0.3 is 5.97 Å². The molecule has 0 fully saturated rings. The second kappa shape index (κ2) is 4.99. The average molecular weight is 249 g/mol. The molecule has 3 N–H and O–H groups in total. The molecule has 0 radical (unpaired) electrons. The number of rotatable bonds is 5. The maximum Gasteiger partial charge on any atom is 0.326 e. The van der Waals surface area contributed by atoms with Gasteiger partial charge in [-0.25, -0.2) is 19.7 Å². The van der Waals surface area contributed by atoms with Crippen LogP contribution in [0, 0.1) is 5.92 Å². The highest BCUT2D eigenvalue weighted by Gasteiger charge is 2.20. The van der Waals surface area contributed by atoms with Gasteiger partial charge in [0.2, 0.25) is 0 Å². The third-order valence-electron chi connectivity index (χ3n) is 2.54. The number of aliphatic carboxylic acids is 1. The lowest BCUT2D eigenvalue weighted by Crippen LogP contribution is -2.31. The van der Waals surface area contributed by atoms with E-state index in [1.165, 1.54) is 12.7 Å². The summed E-state index contributed by atoms with van der Waals surface area (Å²) in [7, 11) is 0. The summed E-state index contributed by atoms with van der Waals surface area (Å²) in [5, 5.41) is 12.1. The number of aromatic amines is 1. The number of fused-ring (bicyclic) bond motifs is 1. The van der Waals surface area contributed by atoms with Crippen molar-refractivity contribution in [2.75, 3.05) is 5.32 Å². The number of hydrogen-bond acceptors (Lipinski definition) is 5. The van der Waals surface area contributed by atoms with E-state index in [4.69, 9.17) is 0 Å². The van der Waals surface area contributed by atoms with E-state index in [2.05, 4.69) is 25.3 Å². The molecule has 2 aromatic rings. The number of carbonyl (C=O) groups is 1. The van der Waals surface area contributed by atoms with Gasteiger partial charge in [0.1, 0.15) is 17.9 Å². The fourth-order valence-corrected chi connectivity index (χ4v) is 1.73. The van der Waals surface area contributed by atoms with E-state index in [0.717, 1.165) is 0 Å². The second-order valence-electron chi connectivity index (χ2n) is 4.49. The van der Waals surface area contributed by atoms with Gasteiger partial charge in [-0.2, -0.15) is 0 Å². The lowest BCUT2D eigenvalue weighted by atomic mass is 10.0. The molecule has 0 aliphatic heterocycles. The van der Waals surface area contributed by atoms with Gasteiger partial charge in [0, 0.05) is 0 Å². The highest BCUT2D eigenvalue weighted by molar-refractivity contribution is 5.85. The molecule has 18 heavy (non-hydrogen) atoms. The van der Waals surface area contributed by atoms with E-state index in [1.54, 1.807) is 0 Å². The fraction of sp³-hybridized carbons (Fsp3) is 0.455. The number of carboxylic acids is 1. The minimum absolute atomic E-state index is 0.276. The van der Waals surface area contributed by atoms with E-state index in [-0.39, 0.29) is 5.92 Å². The Balaban J connectivity index is 2.25. The van der Waals surface area contributed by atoms with Crippen LogP contribution in [0.2, 0.25) is 0 Å². The summed E-state index contributed by atoms with van der Waals surface area (Å²) in [5.41, 5.74) is 1.13. The number of nitrogens with one attached hydrogen (secondary N) is 2. The van der Waals surface area contributed by atoms with Crippen molar-refractivity contribution in [1.29, 1.82) is 0 Å². The predicted octanol–water partition coefficient (Wildman–Crippen LogP) is 1.26. The molecule has 7 heteroatoms. The first-order valence-electron chi connectivity index (χ1n) is 5.71. The first-order chi connectivity index (χ1) is 8.58. The van der Waals surface area contributed by atoms with Crippen LogP contribution in [0.5, 0.6) is 0 Å². The van der Waals surface area contributed by atoms with Crippen LogP contribution in [0.4, 0.5) is 5.82 Å².